The second-order valence-corrected chi connectivity index (χ2v) is 12.5. The lowest BCUT2D eigenvalue weighted by molar-refractivity contribution is -0.115. The Balaban J connectivity index is 1.32. The van der Waals surface area contributed by atoms with E-state index in [0.717, 1.165) is 61.8 Å². The second-order valence-electron chi connectivity index (χ2n) is 10.1. The van der Waals surface area contributed by atoms with E-state index in [0.29, 0.717) is 21.5 Å². The summed E-state index contributed by atoms with van der Waals surface area (Å²) in [5.74, 6) is -0.0181. The number of esters is 1. The summed E-state index contributed by atoms with van der Waals surface area (Å²) < 4.78 is 12.6. The highest BCUT2D eigenvalue weighted by Gasteiger charge is 2.30. The zero-order chi connectivity index (χ0) is 28.1. The molecule has 214 valence electrons. The molecule has 0 spiro atoms. The number of furan rings is 1. The predicted octanol–water partition coefficient (Wildman–Crippen LogP) is 5.54. The van der Waals surface area contributed by atoms with Crippen LogP contribution in [-0.4, -0.2) is 44.4 Å². The quantitative estimate of drug-likeness (QED) is 0.234. The maximum Gasteiger partial charge on any atom is 0.341 e. The molecule has 2 amide bonds. The minimum atomic E-state index is -0.494. The lowest BCUT2D eigenvalue weighted by Crippen LogP contribution is -2.27. The maximum atomic E-state index is 13.4. The van der Waals surface area contributed by atoms with Crippen LogP contribution in [0, 0.1) is 0 Å². The monoisotopic (exact) mass is 585 g/mol. The molecule has 5 rings (SSSR count). The van der Waals surface area contributed by atoms with Gasteiger partial charge in [-0.1, -0.05) is 31.0 Å². The Labute approximate surface area is 241 Å². The van der Waals surface area contributed by atoms with Crippen LogP contribution in [-0.2, 0) is 28.9 Å². The van der Waals surface area contributed by atoms with Crippen LogP contribution in [0.2, 0.25) is 0 Å². The van der Waals surface area contributed by atoms with E-state index in [1.54, 1.807) is 19.1 Å². The number of thiophene rings is 1. The lowest BCUT2D eigenvalue weighted by Gasteiger charge is -2.26. The molecular weight excluding hydrogens is 550 g/mol. The standard InChI is InChI=1S/C28H35N5O5S2/c1-3-37-27(36)23-19-12-7-8-14-21(19)40-26(23)30-24(34)17(2)39-28-32-31-22(33(28)18-10-5-4-6-11-18)16-29-25(35)20-13-9-15-38-20/h9,13,15,17-18H,3-8,10-12,14,16H2,1-2H3,(H,29,35)(H,30,34)/t17-/m0/s1. The minimum Gasteiger partial charge on any atom is -0.462 e. The van der Waals surface area contributed by atoms with Gasteiger partial charge in [-0.25, -0.2) is 4.79 Å². The number of hydrogen-bond acceptors (Lipinski definition) is 9. The van der Waals surface area contributed by atoms with Crippen LogP contribution in [0.3, 0.4) is 0 Å². The molecule has 1 fully saturated rings. The molecular formula is C28H35N5O5S2. The smallest absolute Gasteiger partial charge is 0.341 e. The van der Waals surface area contributed by atoms with Crippen molar-refractivity contribution in [2.75, 3.05) is 11.9 Å². The first-order valence-electron chi connectivity index (χ1n) is 14.0. The third kappa shape index (κ3) is 6.27. The largest absolute Gasteiger partial charge is 0.462 e. The number of thioether (sulfide) groups is 1. The summed E-state index contributed by atoms with van der Waals surface area (Å²) in [6.45, 7) is 4.10. The predicted molar refractivity (Wildman–Crippen MR) is 153 cm³/mol. The van der Waals surface area contributed by atoms with Gasteiger partial charge in [0.15, 0.2) is 16.7 Å². The number of carbonyl (C=O) groups excluding carboxylic acids is 3. The summed E-state index contributed by atoms with van der Waals surface area (Å²) in [6, 6.07) is 3.48. The average Bonchev–Trinajstić information content (AvgIpc) is 3.71. The van der Waals surface area contributed by atoms with Gasteiger partial charge < -0.3 is 24.4 Å². The second kappa shape index (κ2) is 13.0. The molecule has 0 bridgehead atoms. The van der Waals surface area contributed by atoms with Crippen molar-refractivity contribution in [2.45, 2.75) is 94.6 Å². The first-order valence-corrected chi connectivity index (χ1v) is 15.7. The van der Waals surface area contributed by atoms with Gasteiger partial charge in [-0.3, -0.25) is 9.59 Å². The Morgan fingerprint density at radius 1 is 1.18 bits per heavy atom. The Hall–Kier alpha value is -3.12. The molecule has 2 aliphatic carbocycles. The van der Waals surface area contributed by atoms with Crippen molar-refractivity contribution in [3.63, 3.8) is 0 Å². The van der Waals surface area contributed by atoms with Crippen LogP contribution in [0.25, 0.3) is 0 Å². The number of ether oxygens (including phenoxy) is 1. The van der Waals surface area contributed by atoms with E-state index in [1.165, 1.54) is 35.8 Å². The number of anilines is 1. The van der Waals surface area contributed by atoms with E-state index in [2.05, 4.69) is 25.4 Å². The Kier molecular flexibility index (Phi) is 9.25. The van der Waals surface area contributed by atoms with Crippen LogP contribution in [0.1, 0.15) is 102 Å². The van der Waals surface area contributed by atoms with E-state index in [-0.39, 0.29) is 42.7 Å². The van der Waals surface area contributed by atoms with Crippen molar-refractivity contribution in [3.05, 3.63) is 46.0 Å². The van der Waals surface area contributed by atoms with E-state index in [9.17, 15) is 14.4 Å². The molecule has 3 aromatic rings. The normalized spacial score (nSPS) is 16.2. The van der Waals surface area contributed by atoms with E-state index in [1.807, 2.05) is 6.92 Å². The first-order chi connectivity index (χ1) is 19.5. The molecule has 1 atom stereocenters. The first kappa shape index (κ1) is 28.4. The fraction of sp³-hybridized carbons (Fsp3) is 0.536. The van der Waals surface area contributed by atoms with Crippen LogP contribution < -0.4 is 10.6 Å². The SMILES string of the molecule is CCOC(=O)c1c(NC(=O)[C@H](C)Sc2nnc(CNC(=O)c3ccco3)n2C2CCCCC2)sc2c1CCCC2. The van der Waals surface area contributed by atoms with E-state index < -0.39 is 5.25 Å². The van der Waals surface area contributed by atoms with Crippen molar-refractivity contribution >= 4 is 45.9 Å². The number of hydrogen-bond donors (Lipinski definition) is 2. The zero-order valence-electron chi connectivity index (χ0n) is 22.9. The van der Waals surface area contributed by atoms with Crippen molar-refractivity contribution in [2.24, 2.45) is 0 Å². The van der Waals surface area contributed by atoms with Gasteiger partial charge in [-0.05, 0) is 70.1 Å². The molecule has 0 radical (unpaired) electrons. The number of nitrogens with zero attached hydrogens (tertiary/aromatic N) is 3. The number of aromatic nitrogens is 3. The van der Waals surface area contributed by atoms with Crippen LogP contribution >= 0.6 is 23.1 Å². The number of carbonyl (C=O) groups is 3. The summed E-state index contributed by atoms with van der Waals surface area (Å²) in [5.41, 5.74) is 1.52. The summed E-state index contributed by atoms with van der Waals surface area (Å²) in [7, 11) is 0. The van der Waals surface area contributed by atoms with Crippen LogP contribution in [0.4, 0.5) is 5.00 Å². The highest BCUT2D eigenvalue weighted by atomic mass is 32.2. The van der Waals surface area contributed by atoms with Gasteiger partial charge in [0.2, 0.25) is 5.91 Å². The van der Waals surface area contributed by atoms with Crippen LogP contribution in [0.5, 0.6) is 0 Å². The third-order valence-corrected chi connectivity index (χ3v) is 9.63. The molecule has 2 aliphatic rings. The van der Waals surface area contributed by atoms with Gasteiger partial charge in [0, 0.05) is 10.9 Å². The van der Waals surface area contributed by atoms with Crippen molar-refractivity contribution in [1.82, 2.24) is 20.1 Å². The van der Waals surface area contributed by atoms with Gasteiger partial charge in [0.1, 0.15) is 5.00 Å². The molecule has 0 aliphatic heterocycles. The lowest BCUT2D eigenvalue weighted by atomic mass is 9.95. The van der Waals surface area contributed by atoms with Gasteiger partial charge in [0.05, 0.1) is 30.2 Å². The number of fused-ring (bicyclic) bond motifs is 1. The number of nitrogens with one attached hydrogen (secondary N) is 2. The molecule has 0 unspecified atom stereocenters. The number of amides is 2. The zero-order valence-corrected chi connectivity index (χ0v) is 24.5. The topological polar surface area (TPSA) is 128 Å². The Morgan fingerprint density at radius 2 is 1.98 bits per heavy atom. The summed E-state index contributed by atoms with van der Waals surface area (Å²) in [6.07, 6.45) is 10.7. The molecule has 0 saturated heterocycles. The molecule has 3 heterocycles. The van der Waals surface area contributed by atoms with Gasteiger partial charge in [-0.2, -0.15) is 0 Å². The molecule has 12 heteroatoms. The molecule has 3 aromatic heterocycles. The fourth-order valence-corrected chi connectivity index (χ4v) is 7.59. The Morgan fingerprint density at radius 3 is 2.73 bits per heavy atom. The Bertz CT molecular complexity index is 1340. The van der Waals surface area contributed by atoms with Crippen molar-refractivity contribution in [3.8, 4) is 0 Å². The van der Waals surface area contributed by atoms with Crippen LogP contribution in [0.15, 0.2) is 28.0 Å². The number of aryl methyl sites for hydroxylation is 1. The third-order valence-electron chi connectivity index (χ3n) is 7.37. The van der Waals surface area contributed by atoms with Gasteiger partial charge in [0.25, 0.3) is 5.91 Å². The molecule has 1 saturated carbocycles. The summed E-state index contributed by atoms with van der Waals surface area (Å²) in [4.78, 5) is 39.8. The van der Waals surface area contributed by atoms with Crippen molar-refractivity contribution in [1.29, 1.82) is 0 Å². The molecule has 0 aromatic carbocycles. The summed E-state index contributed by atoms with van der Waals surface area (Å²) in [5, 5.41) is 15.4. The maximum absolute atomic E-state index is 13.4. The van der Waals surface area contributed by atoms with Gasteiger partial charge >= 0.3 is 5.97 Å². The molecule has 10 nitrogen and oxygen atoms in total. The molecule has 2 N–H and O–H groups in total. The van der Waals surface area contributed by atoms with E-state index >= 15 is 0 Å². The van der Waals surface area contributed by atoms with E-state index in [4.69, 9.17) is 9.15 Å². The minimum absolute atomic E-state index is 0.202. The van der Waals surface area contributed by atoms with Crippen molar-refractivity contribution < 1.29 is 23.5 Å². The number of rotatable bonds is 10. The average molecular weight is 586 g/mol. The fourth-order valence-electron chi connectivity index (χ4n) is 5.37. The molecule has 40 heavy (non-hydrogen) atoms. The highest BCUT2D eigenvalue weighted by molar-refractivity contribution is 8.00. The highest BCUT2D eigenvalue weighted by Crippen LogP contribution is 2.39. The van der Waals surface area contributed by atoms with Gasteiger partial charge in [-0.15, -0.1) is 21.5 Å². The summed E-state index contributed by atoms with van der Waals surface area (Å²) >= 11 is 2.82.